The molecule has 0 aliphatic carbocycles. The van der Waals surface area contributed by atoms with Crippen LogP contribution in [0.15, 0.2) is 42.9 Å². The first-order chi connectivity index (χ1) is 16.0. The van der Waals surface area contributed by atoms with Crippen LogP contribution >= 0.6 is 0 Å². The summed E-state index contributed by atoms with van der Waals surface area (Å²) in [6.45, 7) is 3.11. The lowest BCUT2D eigenvalue weighted by Crippen LogP contribution is -2.31. The minimum atomic E-state index is -0.478. The van der Waals surface area contributed by atoms with E-state index in [0.29, 0.717) is 30.9 Å². The highest BCUT2D eigenvalue weighted by atomic mass is 19.1. The highest BCUT2D eigenvalue weighted by Gasteiger charge is 2.28. The van der Waals surface area contributed by atoms with Gasteiger partial charge in [0.2, 0.25) is 0 Å². The van der Waals surface area contributed by atoms with Crippen LogP contribution in [0, 0.1) is 5.82 Å². The standard InChI is InChI=1S/C24H23FN6O2/c1-13-20-7-17(25)3-4-19(20)22-16(10-30(2)29-22)5-14-9-28-31(18-11-32-12-18)23(14)15-6-21(33-13)24(26)27-8-15/h3-4,6-10,13,18H,5,11-12H2,1-2H3,(H2,26,27)/t13-/m1/s1. The van der Waals surface area contributed by atoms with Crippen molar-refractivity contribution in [3.63, 3.8) is 0 Å². The van der Waals surface area contributed by atoms with E-state index in [0.717, 1.165) is 33.6 Å². The van der Waals surface area contributed by atoms with E-state index in [1.165, 1.54) is 12.1 Å². The van der Waals surface area contributed by atoms with Crippen molar-refractivity contribution in [1.29, 1.82) is 0 Å². The average molecular weight is 446 g/mol. The molecule has 1 saturated heterocycles. The van der Waals surface area contributed by atoms with E-state index >= 15 is 0 Å². The summed E-state index contributed by atoms with van der Waals surface area (Å²) in [6.07, 6.45) is 5.76. The van der Waals surface area contributed by atoms with Gasteiger partial charge in [0.05, 0.1) is 36.8 Å². The Balaban J connectivity index is 1.62. The molecule has 8 nitrogen and oxygen atoms in total. The van der Waals surface area contributed by atoms with Gasteiger partial charge in [-0.3, -0.25) is 9.36 Å². The zero-order valence-corrected chi connectivity index (χ0v) is 18.3. The molecule has 2 aliphatic rings. The molecule has 1 fully saturated rings. The van der Waals surface area contributed by atoms with Crippen LogP contribution in [0.1, 0.15) is 35.8 Å². The Morgan fingerprint density at radius 2 is 2.00 bits per heavy atom. The first-order valence-corrected chi connectivity index (χ1v) is 10.9. The first-order valence-electron chi connectivity index (χ1n) is 10.9. The van der Waals surface area contributed by atoms with Crippen molar-refractivity contribution in [2.24, 2.45) is 7.05 Å². The number of hydrogen-bond donors (Lipinski definition) is 1. The molecule has 33 heavy (non-hydrogen) atoms. The van der Waals surface area contributed by atoms with E-state index in [1.54, 1.807) is 16.9 Å². The molecule has 0 radical (unpaired) electrons. The summed E-state index contributed by atoms with van der Waals surface area (Å²) in [5.74, 6) is 0.388. The Labute approximate surface area is 189 Å². The van der Waals surface area contributed by atoms with Gasteiger partial charge < -0.3 is 15.2 Å². The number of nitrogens with zero attached hydrogens (tertiary/aromatic N) is 5. The molecule has 0 unspecified atom stereocenters. The third kappa shape index (κ3) is 3.27. The number of nitrogens with two attached hydrogens (primary N) is 1. The molecule has 0 amide bonds. The highest BCUT2D eigenvalue weighted by Crippen LogP contribution is 2.39. The summed E-state index contributed by atoms with van der Waals surface area (Å²) in [7, 11) is 1.89. The number of halogens is 1. The number of pyridine rings is 1. The monoisotopic (exact) mass is 446 g/mol. The highest BCUT2D eigenvalue weighted by molar-refractivity contribution is 5.72. The van der Waals surface area contributed by atoms with Gasteiger partial charge in [0, 0.05) is 53.7 Å². The van der Waals surface area contributed by atoms with Gasteiger partial charge in [-0.15, -0.1) is 0 Å². The lowest BCUT2D eigenvalue weighted by Gasteiger charge is -2.28. The summed E-state index contributed by atoms with van der Waals surface area (Å²) in [5.41, 5.74) is 12.4. The summed E-state index contributed by atoms with van der Waals surface area (Å²) in [5, 5.41) is 9.43. The molecule has 5 heterocycles. The molecule has 6 rings (SSSR count). The van der Waals surface area contributed by atoms with Crippen LogP contribution < -0.4 is 10.5 Å². The number of ether oxygens (including phenoxy) is 2. The largest absolute Gasteiger partial charge is 0.482 e. The van der Waals surface area contributed by atoms with Crippen molar-refractivity contribution in [2.45, 2.75) is 25.5 Å². The Morgan fingerprint density at radius 1 is 1.15 bits per heavy atom. The van der Waals surface area contributed by atoms with Crippen LogP contribution in [0.4, 0.5) is 10.2 Å². The molecule has 2 aliphatic heterocycles. The second kappa shape index (κ2) is 7.41. The predicted molar refractivity (Wildman–Crippen MR) is 120 cm³/mol. The van der Waals surface area contributed by atoms with Gasteiger partial charge in [0.15, 0.2) is 11.6 Å². The van der Waals surface area contributed by atoms with Gasteiger partial charge in [0.25, 0.3) is 0 Å². The second-order valence-corrected chi connectivity index (χ2v) is 8.61. The fraction of sp³-hybridized carbons (Fsp3) is 0.292. The molecule has 0 spiro atoms. The molecule has 168 valence electrons. The Bertz CT molecular complexity index is 1370. The van der Waals surface area contributed by atoms with Gasteiger partial charge in [-0.1, -0.05) is 0 Å². The summed E-state index contributed by atoms with van der Waals surface area (Å²) in [6, 6.07) is 6.76. The minimum Gasteiger partial charge on any atom is -0.482 e. The van der Waals surface area contributed by atoms with Gasteiger partial charge in [0.1, 0.15) is 11.9 Å². The summed E-state index contributed by atoms with van der Waals surface area (Å²) >= 11 is 0. The van der Waals surface area contributed by atoms with E-state index in [-0.39, 0.29) is 17.7 Å². The van der Waals surface area contributed by atoms with Crippen molar-refractivity contribution in [1.82, 2.24) is 24.5 Å². The van der Waals surface area contributed by atoms with Gasteiger partial charge in [-0.25, -0.2) is 9.37 Å². The Hall–Kier alpha value is -3.72. The third-order valence-corrected chi connectivity index (χ3v) is 6.29. The molecule has 4 aromatic rings. The van der Waals surface area contributed by atoms with E-state index in [1.807, 2.05) is 37.1 Å². The number of hydrogen-bond acceptors (Lipinski definition) is 6. The normalized spacial score (nSPS) is 17.6. The zero-order chi connectivity index (χ0) is 22.7. The average Bonchev–Trinajstić information content (AvgIpc) is 3.31. The Morgan fingerprint density at radius 3 is 2.79 bits per heavy atom. The Kier molecular flexibility index (Phi) is 4.48. The fourth-order valence-electron chi connectivity index (χ4n) is 4.60. The lowest BCUT2D eigenvalue weighted by molar-refractivity contribution is -0.0278. The molecule has 2 bridgehead atoms. The van der Waals surface area contributed by atoms with Crippen LogP contribution in [0.3, 0.4) is 0 Å². The van der Waals surface area contributed by atoms with Crippen LogP contribution in [0.2, 0.25) is 0 Å². The van der Waals surface area contributed by atoms with Crippen molar-refractivity contribution >= 4 is 5.82 Å². The van der Waals surface area contributed by atoms with Crippen molar-refractivity contribution in [3.05, 3.63) is 65.4 Å². The lowest BCUT2D eigenvalue weighted by atomic mass is 9.94. The number of nitrogen functional groups attached to an aromatic ring is 1. The van der Waals surface area contributed by atoms with Gasteiger partial charge >= 0.3 is 0 Å². The molecule has 1 atom stereocenters. The smallest absolute Gasteiger partial charge is 0.166 e. The fourth-order valence-corrected chi connectivity index (χ4v) is 4.60. The summed E-state index contributed by atoms with van der Waals surface area (Å²) < 4.78 is 29.7. The topological polar surface area (TPSA) is 93.0 Å². The number of aryl methyl sites for hydroxylation is 1. The van der Waals surface area contributed by atoms with Crippen molar-refractivity contribution < 1.29 is 13.9 Å². The molecular weight excluding hydrogens is 423 g/mol. The zero-order valence-electron chi connectivity index (χ0n) is 18.3. The quantitative estimate of drug-likeness (QED) is 0.480. The third-order valence-electron chi connectivity index (χ3n) is 6.29. The first kappa shape index (κ1) is 19.9. The maximum Gasteiger partial charge on any atom is 0.166 e. The molecule has 3 aromatic heterocycles. The number of aromatic nitrogens is 5. The maximum absolute atomic E-state index is 14.3. The maximum atomic E-state index is 14.3. The van der Waals surface area contributed by atoms with Crippen LogP contribution in [-0.2, 0) is 18.2 Å². The van der Waals surface area contributed by atoms with E-state index in [2.05, 4.69) is 4.98 Å². The van der Waals surface area contributed by atoms with Crippen LogP contribution in [0.25, 0.3) is 22.5 Å². The molecule has 1 aromatic carbocycles. The van der Waals surface area contributed by atoms with E-state index in [9.17, 15) is 4.39 Å². The second-order valence-electron chi connectivity index (χ2n) is 8.61. The number of fused-ring (bicyclic) bond motifs is 7. The number of benzene rings is 1. The van der Waals surface area contributed by atoms with Crippen molar-refractivity contribution in [2.75, 3.05) is 18.9 Å². The SMILES string of the molecule is C[C@H]1Oc2cc(cnc2N)-c2c(cnn2C2COC2)Cc2cn(C)nc2-c2ccc(F)cc21. The van der Waals surface area contributed by atoms with E-state index < -0.39 is 6.10 Å². The summed E-state index contributed by atoms with van der Waals surface area (Å²) in [4.78, 5) is 4.40. The molecule has 9 heteroatoms. The van der Waals surface area contributed by atoms with Crippen LogP contribution in [0.5, 0.6) is 5.75 Å². The molecular formula is C24H23FN6O2. The van der Waals surface area contributed by atoms with Gasteiger partial charge in [-0.05, 0) is 31.2 Å². The molecule has 2 N–H and O–H groups in total. The van der Waals surface area contributed by atoms with Gasteiger partial charge in [-0.2, -0.15) is 10.2 Å². The molecule has 0 saturated carbocycles. The van der Waals surface area contributed by atoms with E-state index in [4.69, 9.17) is 25.4 Å². The minimum absolute atomic E-state index is 0.166. The van der Waals surface area contributed by atoms with Crippen LogP contribution in [-0.4, -0.2) is 37.8 Å². The number of rotatable bonds is 1. The number of anilines is 1. The van der Waals surface area contributed by atoms with Crippen molar-refractivity contribution in [3.8, 4) is 28.3 Å². The predicted octanol–water partition coefficient (Wildman–Crippen LogP) is 3.68.